The number of sulfonamides is 1. The van der Waals surface area contributed by atoms with Gasteiger partial charge in [0.25, 0.3) is 5.56 Å². The Labute approximate surface area is 143 Å². The van der Waals surface area contributed by atoms with E-state index >= 15 is 0 Å². The normalized spacial score (nSPS) is 11.4. The van der Waals surface area contributed by atoms with Gasteiger partial charge in [0, 0.05) is 25.6 Å². The zero-order valence-corrected chi connectivity index (χ0v) is 14.4. The molecule has 0 aliphatic rings. The summed E-state index contributed by atoms with van der Waals surface area (Å²) in [5, 5.41) is 3.70. The second kappa shape index (κ2) is 6.48. The van der Waals surface area contributed by atoms with Crippen LogP contribution in [0.25, 0.3) is 10.8 Å². The van der Waals surface area contributed by atoms with Gasteiger partial charge in [0.15, 0.2) is 5.82 Å². The molecular formula is C15H16N6O3S. The maximum atomic E-state index is 12.4. The summed E-state index contributed by atoms with van der Waals surface area (Å²) in [6.07, 6.45) is 6.16. The minimum absolute atomic E-state index is 0.0214. The topological polar surface area (TPSA) is 119 Å². The number of hydrogen-bond acceptors (Lipinski definition) is 7. The monoisotopic (exact) mass is 360 g/mol. The van der Waals surface area contributed by atoms with Gasteiger partial charge in [-0.25, -0.2) is 18.4 Å². The Balaban J connectivity index is 2.18. The zero-order chi connectivity index (χ0) is 18.0. The molecule has 9 nitrogen and oxygen atoms in total. The first-order valence-corrected chi connectivity index (χ1v) is 9.09. The van der Waals surface area contributed by atoms with Crippen molar-refractivity contribution in [1.29, 1.82) is 0 Å². The van der Waals surface area contributed by atoms with E-state index in [9.17, 15) is 13.2 Å². The third kappa shape index (κ3) is 3.58. The SMILES string of the molecule is CCS(=O)(=O)Nc1nc(Nc2cnccn2)cc2ccn(C)c(=O)c12. The summed E-state index contributed by atoms with van der Waals surface area (Å²) in [7, 11) is -2.01. The molecule has 0 aliphatic heterocycles. The molecule has 0 aliphatic carbocycles. The summed E-state index contributed by atoms with van der Waals surface area (Å²) in [6.45, 7) is 1.50. The Hall–Kier alpha value is -3.01. The number of hydrogen-bond donors (Lipinski definition) is 2. The molecule has 0 fully saturated rings. The molecule has 0 unspecified atom stereocenters. The van der Waals surface area contributed by atoms with E-state index < -0.39 is 10.0 Å². The molecule has 0 amide bonds. The van der Waals surface area contributed by atoms with Crippen molar-refractivity contribution in [1.82, 2.24) is 19.5 Å². The Morgan fingerprint density at radius 3 is 2.72 bits per heavy atom. The van der Waals surface area contributed by atoms with Gasteiger partial charge in [-0.1, -0.05) is 0 Å². The maximum absolute atomic E-state index is 12.4. The van der Waals surface area contributed by atoms with E-state index in [1.165, 1.54) is 30.1 Å². The largest absolute Gasteiger partial charge is 0.324 e. The molecule has 0 spiro atoms. The summed E-state index contributed by atoms with van der Waals surface area (Å²) >= 11 is 0. The van der Waals surface area contributed by atoms with E-state index in [4.69, 9.17) is 0 Å². The van der Waals surface area contributed by atoms with Crippen LogP contribution in [0.3, 0.4) is 0 Å². The summed E-state index contributed by atoms with van der Waals surface area (Å²) in [6, 6.07) is 3.36. The van der Waals surface area contributed by atoms with Gasteiger partial charge in [-0.05, 0) is 24.4 Å². The van der Waals surface area contributed by atoms with Crippen molar-refractivity contribution in [2.24, 2.45) is 7.05 Å². The molecule has 10 heteroatoms. The van der Waals surface area contributed by atoms with Gasteiger partial charge in [0.1, 0.15) is 11.6 Å². The molecule has 3 heterocycles. The van der Waals surface area contributed by atoms with Crippen LogP contribution in [0.1, 0.15) is 6.92 Å². The number of anilines is 3. The Morgan fingerprint density at radius 1 is 1.24 bits per heavy atom. The standard InChI is InChI=1S/C15H16N6O3S/c1-3-25(23,24)20-14-13-10(4-7-21(2)15(13)22)8-11(19-14)18-12-9-16-5-6-17-12/h4-9H,3H2,1-2H3,(H2,17,18,19,20). The highest BCUT2D eigenvalue weighted by atomic mass is 32.2. The molecule has 0 radical (unpaired) electrons. The highest BCUT2D eigenvalue weighted by molar-refractivity contribution is 7.92. The van der Waals surface area contributed by atoms with Crippen LogP contribution in [0.2, 0.25) is 0 Å². The maximum Gasteiger partial charge on any atom is 0.261 e. The van der Waals surface area contributed by atoms with Gasteiger partial charge >= 0.3 is 0 Å². The lowest BCUT2D eigenvalue weighted by Gasteiger charge is -2.12. The molecule has 0 saturated carbocycles. The lowest BCUT2D eigenvalue weighted by Crippen LogP contribution is -2.21. The van der Waals surface area contributed by atoms with E-state index in [1.807, 2.05) is 0 Å². The van der Waals surface area contributed by atoms with Crippen molar-refractivity contribution in [2.45, 2.75) is 6.92 Å². The predicted molar refractivity (Wildman–Crippen MR) is 95.4 cm³/mol. The van der Waals surface area contributed by atoms with Crippen molar-refractivity contribution in [3.63, 3.8) is 0 Å². The Bertz CT molecular complexity index is 1080. The van der Waals surface area contributed by atoms with Crippen molar-refractivity contribution in [3.05, 3.63) is 47.3 Å². The van der Waals surface area contributed by atoms with Gasteiger partial charge in [-0.3, -0.25) is 14.5 Å². The number of pyridine rings is 2. The molecule has 2 N–H and O–H groups in total. The van der Waals surface area contributed by atoms with Crippen molar-refractivity contribution >= 4 is 38.2 Å². The van der Waals surface area contributed by atoms with Crippen LogP contribution < -0.4 is 15.6 Å². The highest BCUT2D eigenvalue weighted by Crippen LogP contribution is 2.24. The molecule has 3 aromatic heterocycles. The van der Waals surface area contributed by atoms with E-state index in [0.717, 1.165) is 0 Å². The lowest BCUT2D eigenvalue weighted by atomic mass is 10.2. The summed E-state index contributed by atoms with van der Waals surface area (Å²) in [5.41, 5.74) is -0.343. The average molecular weight is 360 g/mol. The van der Waals surface area contributed by atoms with Gasteiger partial charge in [0.2, 0.25) is 10.0 Å². The van der Waals surface area contributed by atoms with E-state index in [-0.39, 0.29) is 22.5 Å². The summed E-state index contributed by atoms with van der Waals surface area (Å²) in [4.78, 5) is 24.7. The minimum Gasteiger partial charge on any atom is -0.324 e. The number of nitrogens with zero attached hydrogens (tertiary/aromatic N) is 4. The first kappa shape index (κ1) is 16.8. The van der Waals surface area contributed by atoms with Crippen LogP contribution in [0.5, 0.6) is 0 Å². The van der Waals surface area contributed by atoms with E-state index in [0.29, 0.717) is 17.0 Å². The second-order valence-corrected chi connectivity index (χ2v) is 7.28. The predicted octanol–water partition coefficient (Wildman–Crippen LogP) is 1.23. The van der Waals surface area contributed by atoms with Crippen LogP contribution >= 0.6 is 0 Å². The van der Waals surface area contributed by atoms with E-state index in [2.05, 4.69) is 25.0 Å². The fourth-order valence-electron chi connectivity index (χ4n) is 2.21. The number of fused-ring (bicyclic) bond motifs is 1. The average Bonchev–Trinajstić information content (AvgIpc) is 2.59. The van der Waals surface area contributed by atoms with Crippen molar-refractivity contribution < 1.29 is 8.42 Å². The second-order valence-electron chi connectivity index (χ2n) is 5.27. The third-order valence-corrected chi connectivity index (χ3v) is 4.78. The quantitative estimate of drug-likeness (QED) is 0.702. The molecule has 3 aromatic rings. The summed E-state index contributed by atoms with van der Waals surface area (Å²) in [5.74, 6) is 0.634. The number of rotatable bonds is 5. The van der Waals surface area contributed by atoms with Crippen LogP contribution in [0.15, 0.2) is 41.7 Å². The Kier molecular flexibility index (Phi) is 4.36. The van der Waals surface area contributed by atoms with E-state index in [1.54, 1.807) is 25.4 Å². The zero-order valence-electron chi connectivity index (χ0n) is 13.6. The fraction of sp³-hybridized carbons (Fsp3) is 0.200. The lowest BCUT2D eigenvalue weighted by molar-refractivity contribution is 0.602. The molecule has 3 rings (SSSR count). The third-order valence-electron chi connectivity index (χ3n) is 3.51. The van der Waals surface area contributed by atoms with Crippen LogP contribution in [0.4, 0.5) is 17.5 Å². The van der Waals surface area contributed by atoms with Crippen LogP contribution in [0, 0.1) is 0 Å². The smallest absolute Gasteiger partial charge is 0.261 e. The first-order chi connectivity index (χ1) is 11.9. The molecule has 130 valence electrons. The minimum atomic E-state index is -3.60. The van der Waals surface area contributed by atoms with Gasteiger partial charge in [-0.15, -0.1) is 0 Å². The summed E-state index contributed by atoms with van der Waals surface area (Å²) < 4.78 is 27.7. The number of aryl methyl sites for hydroxylation is 1. The van der Waals surface area contributed by atoms with Crippen molar-refractivity contribution in [3.8, 4) is 0 Å². The molecule has 0 bridgehead atoms. The number of aromatic nitrogens is 4. The van der Waals surface area contributed by atoms with Gasteiger partial charge in [-0.2, -0.15) is 0 Å². The van der Waals surface area contributed by atoms with Gasteiger partial charge in [0.05, 0.1) is 17.3 Å². The van der Waals surface area contributed by atoms with Gasteiger partial charge < -0.3 is 9.88 Å². The number of nitrogens with one attached hydrogen (secondary N) is 2. The van der Waals surface area contributed by atoms with Crippen LogP contribution in [-0.4, -0.2) is 33.7 Å². The Morgan fingerprint density at radius 2 is 2.04 bits per heavy atom. The van der Waals surface area contributed by atoms with Crippen molar-refractivity contribution in [2.75, 3.05) is 15.8 Å². The molecule has 0 saturated heterocycles. The molecule has 25 heavy (non-hydrogen) atoms. The molecule has 0 atom stereocenters. The first-order valence-electron chi connectivity index (χ1n) is 7.43. The van der Waals surface area contributed by atoms with Crippen LogP contribution in [-0.2, 0) is 17.1 Å². The molecule has 0 aromatic carbocycles. The highest BCUT2D eigenvalue weighted by Gasteiger charge is 2.16. The fourth-order valence-corrected chi connectivity index (χ4v) is 2.80. The molecular weight excluding hydrogens is 344 g/mol.